The first-order chi connectivity index (χ1) is 15.1. The van der Waals surface area contributed by atoms with E-state index in [9.17, 15) is 4.79 Å². The molecule has 5 rings (SSSR count). The zero-order valence-corrected chi connectivity index (χ0v) is 18.4. The van der Waals surface area contributed by atoms with Gasteiger partial charge in [0.2, 0.25) is 0 Å². The Balaban J connectivity index is 0.000000192. The van der Waals surface area contributed by atoms with Gasteiger partial charge in [0.1, 0.15) is 5.82 Å². The Hall–Kier alpha value is -2.90. The first kappa shape index (κ1) is 21.3. The summed E-state index contributed by atoms with van der Waals surface area (Å²) in [7, 11) is 0. The Morgan fingerprint density at radius 3 is 2.65 bits per heavy atom. The molecule has 4 heterocycles. The molecule has 0 unspecified atom stereocenters. The summed E-state index contributed by atoms with van der Waals surface area (Å²) in [6.45, 7) is 6.11. The van der Waals surface area contributed by atoms with E-state index in [1.54, 1.807) is 35.1 Å². The van der Waals surface area contributed by atoms with Crippen LogP contribution in [0.2, 0.25) is 5.02 Å². The molecule has 0 spiro atoms. The topological polar surface area (TPSA) is 81.5 Å². The Morgan fingerprint density at radius 1 is 1.10 bits per heavy atom. The van der Waals surface area contributed by atoms with Gasteiger partial charge in [0.25, 0.3) is 5.56 Å². The number of aromatic nitrogens is 4. The summed E-state index contributed by atoms with van der Waals surface area (Å²) in [5, 5.41) is 6.10. The van der Waals surface area contributed by atoms with E-state index in [-0.39, 0.29) is 5.56 Å². The van der Waals surface area contributed by atoms with E-state index in [0.29, 0.717) is 16.2 Å². The van der Waals surface area contributed by atoms with E-state index in [4.69, 9.17) is 17.3 Å². The Bertz CT molecular complexity index is 1240. The number of anilines is 1. The van der Waals surface area contributed by atoms with Gasteiger partial charge in [0, 0.05) is 31.0 Å². The fourth-order valence-corrected chi connectivity index (χ4v) is 4.31. The SMILES string of the molecule is CCc1cc2cccc(Cl)c2c(=O)n1CCN1CCCC1.Nc1ccnc2ccnn12. The molecule has 0 saturated carbocycles. The molecule has 1 fully saturated rings. The Morgan fingerprint density at radius 2 is 1.90 bits per heavy atom. The predicted molar refractivity (Wildman–Crippen MR) is 126 cm³/mol. The van der Waals surface area contributed by atoms with Crippen LogP contribution < -0.4 is 11.3 Å². The number of likely N-dealkylation sites (tertiary alicyclic amines) is 1. The van der Waals surface area contributed by atoms with Crippen LogP contribution in [0.3, 0.4) is 0 Å². The van der Waals surface area contributed by atoms with Crippen LogP contribution in [-0.2, 0) is 13.0 Å². The van der Waals surface area contributed by atoms with Gasteiger partial charge in [-0.2, -0.15) is 9.61 Å². The van der Waals surface area contributed by atoms with E-state index in [2.05, 4.69) is 28.0 Å². The molecule has 0 bridgehead atoms. The highest BCUT2D eigenvalue weighted by atomic mass is 35.5. The fraction of sp³-hybridized carbons (Fsp3) is 0.348. The van der Waals surface area contributed by atoms with Crippen LogP contribution in [0.1, 0.15) is 25.5 Å². The van der Waals surface area contributed by atoms with E-state index in [0.717, 1.165) is 49.3 Å². The van der Waals surface area contributed by atoms with E-state index in [1.165, 1.54) is 12.8 Å². The van der Waals surface area contributed by atoms with Crippen molar-refractivity contribution in [3.05, 3.63) is 69.9 Å². The van der Waals surface area contributed by atoms with Crippen LogP contribution in [0.15, 0.2) is 53.6 Å². The van der Waals surface area contributed by atoms with Crippen LogP contribution in [0.5, 0.6) is 0 Å². The molecule has 1 aromatic carbocycles. The number of fused-ring (bicyclic) bond motifs is 2. The summed E-state index contributed by atoms with van der Waals surface area (Å²) in [6.07, 6.45) is 6.74. The highest BCUT2D eigenvalue weighted by Gasteiger charge is 2.14. The van der Waals surface area contributed by atoms with Crippen LogP contribution >= 0.6 is 11.6 Å². The van der Waals surface area contributed by atoms with Gasteiger partial charge in [-0.1, -0.05) is 30.7 Å². The van der Waals surface area contributed by atoms with Crippen molar-refractivity contribution in [1.29, 1.82) is 0 Å². The number of nitrogens with two attached hydrogens (primary N) is 1. The highest BCUT2D eigenvalue weighted by molar-refractivity contribution is 6.35. The van der Waals surface area contributed by atoms with Crippen molar-refractivity contribution in [1.82, 2.24) is 24.1 Å². The van der Waals surface area contributed by atoms with Gasteiger partial charge in [-0.05, 0) is 55.9 Å². The summed E-state index contributed by atoms with van der Waals surface area (Å²) in [4.78, 5) is 19.2. The van der Waals surface area contributed by atoms with Crippen molar-refractivity contribution in [2.75, 3.05) is 25.4 Å². The molecule has 0 amide bonds. The first-order valence-corrected chi connectivity index (χ1v) is 11.0. The molecule has 1 aliphatic rings. The van der Waals surface area contributed by atoms with Crippen molar-refractivity contribution in [2.24, 2.45) is 0 Å². The minimum atomic E-state index is 0.0501. The summed E-state index contributed by atoms with van der Waals surface area (Å²) < 4.78 is 3.49. The fourth-order valence-electron chi connectivity index (χ4n) is 4.05. The second-order valence-corrected chi connectivity index (χ2v) is 8.08. The van der Waals surface area contributed by atoms with Gasteiger partial charge in [-0.3, -0.25) is 4.79 Å². The quantitative estimate of drug-likeness (QED) is 0.526. The van der Waals surface area contributed by atoms with Crippen molar-refractivity contribution < 1.29 is 0 Å². The van der Waals surface area contributed by atoms with Gasteiger partial charge in [-0.25, -0.2) is 4.98 Å². The molecule has 2 N–H and O–H groups in total. The van der Waals surface area contributed by atoms with E-state index >= 15 is 0 Å². The summed E-state index contributed by atoms with van der Waals surface area (Å²) >= 11 is 6.23. The number of hydrogen-bond donors (Lipinski definition) is 1. The van der Waals surface area contributed by atoms with Crippen LogP contribution in [0, 0.1) is 0 Å². The zero-order chi connectivity index (χ0) is 21.8. The number of hydrogen-bond acceptors (Lipinski definition) is 5. The minimum absolute atomic E-state index is 0.0501. The molecule has 0 atom stereocenters. The van der Waals surface area contributed by atoms with E-state index in [1.807, 2.05) is 16.7 Å². The van der Waals surface area contributed by atoms with Crippen molar-refractivity contribution in [2.45, 2.75) is 32.7 Å². The lowest BCUT2D eigenvalue weighted by atomic mass is 10.1. The maximum atomic E-state index is 12.8. The van der Waals surface area contributed by atoms with Gasteiger partial charge in [-0.15, -0.1) is 0 Å². The molecule has 1 saturated heterocycles. The molecule has 0 radical (unpaired) electrons. The average Bonchev–Trinajstić information content (AvgIpc) is 3.46. The Kier molecular flexibility index (Phi) is 6.53. The maximum Gasteiger partial charge on any atom is 0.260 e. The lowest BCUT2D eigenvalue weighted by molar-refractivity contribution is 0.319. The van der Waals surface area contributed by atoms with Gasteiger partial charge in [0.05, 0.1) is 16.6 Å². The standard InChI is InChI=1S/C17H21ClN2O.C6H6N4/c1-2-14-12-13-6-5-7-15(18)16(13)17(21)20(14)11-10-19-8-3-4-9-19;7-5-1-3-8-6-2-4-9-10(5)6/h5-7,12H,2-4,8-11H2,1H3;1-4H,7H2. The molecule has 8 heteroatoms. The highest BCUT2D eigenvalue weighted by Crippen LogP contribution is 2.21. The number of halogens is 1. The second kappa shape index (κ2) is 9.49. The minimum Gasteiger partial charge on any atom is -0.384 e. The van der Waals surface area contributed by atoms with Crippen molar-refractivity contribution in [3.8, 4) is 0 Å². The maximum absolute atomic E-state index is 12.8. The van der Waals surface area contributed by atoms with E-state index < -0.39 is 0 Å². The van der Waals surface area contributed by atoms with Crippen LogP contribution in [0.25, 0.3) is 16.4 Å². The molecule has 7 nitrogen and oxygen atoms in total. The van der Waals surface area contributed by atoms with Crippen molar-refractivity contribution >= 4 is 33.8 Å². The molecular weight excluding hydrogens is 412 g/mol. The number of rotatable bonds is 4. The zero-order valence-electron chi connectivity index (χ0n) is 17.7. The molecule has 162 valence electrons. The second-order valence-electron chi connectivity index (χ2n) is 7.67. The third kappa shape index (κ3) is 4.57. The molecule has 3 aromatic heterocycles. The number of benzene rings is 1. The molecule has 4 aromatic rings. The average molecular weight is 439 g/mol. The Labute approximate surface area is 186 Å². The van der Waals surface area contributed by atoms with Gasteiger partial charge < -0.3 is 15.2 Å². The number of aryl methyl sites for hydroxylation is 1. The summed E-state index contributed by atoms with van der Waals surface area (Å²) in [6, 6.07) is 11.3. The number of nitrogen functional groups attached to an aromatic ring is 1. The number of nitrogens with zero attached hydrogens (tertiary/aromatic N) is 5. The molecular formula is C23H27ClN6O. The van der Waals surface area contributed by atoms with Gasteiger partial charge in [0.15, 0.2) is 5.65 Å². The van der Waals surface area contributed by atoms with Crippen molar-refractivity contribution in [3.63, 3.8) is 0 Å². The van der Waals surface area contributed by atoms with Gasteiger partial charge >= 0.3 is 0 Å². The molecule has 31 heavy (non-hydrogen) atoms. The summed E-state index contributed by atoms with van der Waals surface area (Å²) in [5.74, 6) is 0.606. The smallest absolute Gasteiger partial charge is 0.260 e. The lowest BCUT2D eigenvalue weighted by Crippen LogP contribution is -2.31. The molecule has 1 aliphatic heterocycles. The normalized spacial score (nSPS) is 14.1. The first-order valence-electron chi connectivity index (χ1n) is 10.7. The third-order valence-corrected chi connectivity index (χ3v) is 6.01. The van der Waals surface area contributed by atoms with Crippen LogP contribution in [0.4, 0.5) is 5.82 Å². The monoisotopic (exact) mass is 438 g/mol. The summed E-state index contributed by atoms with van der Waals surface area (Å²) in [5.41, 5.74) is 7.48. The molecule has 0 aliphatic carbocycles. The van der Waals surface area contributed by atoms with Crippen LogP contribution in [-0.4, -0.2) is 43.7 Å². The third-order valence-electron chi connectivity index (χ3n) is 5.69. The predicted octanol–water partition coefficient (Wildman–Crippen LogP) is 3.62. The lowest BCUT2D eigenvalue weighted by Gasteiger charge is -2.18. The number of pyridine rings is 1. The largest absolute Gasteiger partial charge is 0.384 e.